The van der Waals surface area contributed by atoms with Crippen LogP contribution in [-0.4, -0.2) is 27.5 Å². The van der Waals surface area contributed by atoms with Crippen LogP contribution in [0, 0.1) is 5.92 Å². The first-order valence-corrected chi connectivity index (χ1v) is 6.15. The van der Waals surface area contributed by atoms with Crippen LogP contribution in [0.1, 0.15) is 43.5 Å². The number of nitrogens with zero attached hydrogens (tertiary/aromatic N) is 2. The summed E-state index contributed by atoms with van der Waals surface area (Å²) in [6.07, 6.45) is 5.70. The molecule has 5 heteroatoms. The molecule has 0 amide bonds. The molecule has 92 valence electrons. The van der Waals surface area contributed by atoms with Crippen molar-refractivity contribution in [2.45, 2.75) is 37.8 Å². The molecule has 0 spiro atoms. The number of aromatic nitrogens is 2. The van der Waals surface area contributed by atoms with Gasteiger partial charge in [-0.25, -0.2) is 4.68 Å². The molecule has 1 saturated heterocycles. The standard InChI is InChI=1S/C12H16N2O3/c15-12(16)9-7-8(9)10-4-5-13-14(10)11-3-1-2-6-17-11/h4-5,8-9,11H,1-3,6-7H2,(H,15,16)/t8-,9-,11?/m1/s1. The van der Waals surface area contributed by atoms with Gasteiger partial charge < -0.3 is 9.84 Å². The van der Waals surface area contributed by atoms with Crippen LogP contribution in [0.15, 0.2) is 12.3 Å². The summed E-state index contributed by atoms with van der Waals surface area (Å²) in [5, 5.41) is 13.3. The van der Waals surface area contributed by atoms with Crippen LogP contribution in [0.4, 0.5) is 0 Å². The molecule has 1 aliphatic carbocycles. The molecular formula is C12H16N2O3. The summed E-state index contributed by atoms with van der Waals surface area (Å²) in [5.41, 5.74) is 1.02. The van der Waals surface area contributed by atoms with Crippen molar-refractivity contribution >= 4 is 5.97 Å². The Morgan fingerprint density at radius 2 is 2.41 bits per heavy atom. The maximum absolute atomic E-state index is 10.9. The fourth-order valence-electron chi connectivity index (χ4n) is 2.57. The highest BCUT2D eigenvalue weighted by molar-refractivity contribution is 5.75. The lowest BCUT2D eigenvalue weighted by atomic mass is 10.1. The molecule has 1 aromatic heterocycles. The Bertz CT molecular complexity index is 423. The van der Waals surface area contributed by atoms with Gasteiger partial charge in [0.15, 0.2) is 0 Å². The van der Waals surface area contributed by atoms with Gasteiger partial charge in [0.25, 0.3) is 0 Å². The van der Waals surface area contributed by atoms with E-state index in [1.54, 1.807) is 6.20 Å². The molecular weight excluding hydrogens is 220 g/mol. The molecule has 5 nitrogen and oxygen atoms in total. The molecule has 3 rings (SSSR count). The maximum Gasteiger partial charge on any atom is 0.307 e. The van der Waals surface area contributed by atoms with Crippen LogP contribution in [0.5, 0.6) is 0 Å². The van der Waals surface area contributed by atoms with E-state index in [9.17, 15) is 4.79 Å². The molecule has 1 aliphatic heterocycles. The fourth-order valence-corrected chi connectivity index (χ4v) is 2.57. The Kier molecular flexibility index (Phi) is 2.63. The van der Waals surface area contributed by atoms with Gasteiger partial charge in [0, 0.05) is 24.4 Å². The largest absolute Gasteiger partial charge is 0.481 e. The zero-order valence-corrected chi connectivity index (χ0v) is 9.58. The van der Waals surface area contributed by atoms with Gasteiger partial charge in [-0.3, -0.25) is 4.79 Å². The molecule has 17 heavy (non-hydrogen) atoms. The number of carbonyl (C=O) groups is 1. The van der Waals surface area contributed by atoms with E-state index in [-0.39, 0.29) is 18.1 Å². The minimum Gasteiger partial charge on any atom is -0.481 e. The zero-order valence-electron chi connectivity index (χ0n) is 9.58. The number of carboxylic acid groups (broad SMARTS) is 1. The van der Waals surface area contributed by atoms with E-state index in [2.05, 4.69) is 5.10 Å². The molecule has 1 aromatic rings. The Balaban J connectivity index is 1.78. The number of hydrogen-bond donors (Lipinski definition) is 1. The lowest BCUT2D eigenvalue weighted by Gasteiger charge is -2.24. The van der Waals surface area contributed by atoms with E-state index in [1.165, 1.54) is 0 Å². The molecule has 2 fully saturated rings. The monoisotopic (exact) mass is 236 g/mol. The predicted molar refractivity (Wildman–Crippen MR) is 59.6 cm³/mol. The Hall–Kier alpha value is -1.36. The van der Waals surface area contributed by atoms with Gasteiger partial charge >= 0.3 is 5.97 Å². The molecule has 1 unspecified atom stereocenters. The lowest BCUT2D eigenvalue weighted by Crippen LogP contribution is -2.21. The van der Waals surface area contributed by atoms with Crippen LogP contribution in [0.25, 0.3) is 0 Å². The third-order valence-electron chi connectivity index (χ3n) is 3.62. The van der Waals surface area contributed by atoms with Crippen LogP contribution >= 0.6 is 0 Å². The van der Waals surface area contributed by atoms with Gasteiger partial charge in [-0.05, 0) is 31.7 Å². The fraction of sp³-hybridized carbons (Fsp3) is 0.667. The Morgan fingerprint density at radius 1 is 1.53 bits per heavy atom. The molecule has 2 aliphatic rings. The Labute approximate surface area is 99.4 Å². The van der Waals surface area contributed by atoms with Crippen molar-refractivity contribution in [1.29, 1.82) is 0 Å². The SMILES string of the molecule is O=C(O)[C@@H]1C[C@H]1c1ccnn1C1CCCCO1. The second kappa shape index (κ2) is 4.14. The van der Waals surface area contributed by atoms with Gasteiger partial charge in [0.2, 0.25) is 0 Å². The lowest BCUT2D eigenvalue weighted by molar-refractivity contribution is -0.138. The second-order valence-corrected chi connectivity index (χ2v) is 4.81. The van der Waals surface area contributed by atoms with E-state index in [0.717, 1.165) is 38.0 Å². The highest BCUT2D eigenvalue weighted by Gasteiger charge is 2.46. The van der Waals surface area contributed by atoms with Gasteiger partial charge in [-0.1, -0.05) is 0 Å². The van der Waals surface area contributed by atoms with Crippen LogP contribution in [0.2, 0.25) is 0 Å². The maximum atomic E-state index is 10.9. The number of carboxylic acids is 1. The molecule has 1 saturated carbocycles. The van der Waals surface area contributed by atoms with Crippen molar-refractivity contribution in [2.24, 2.45) is 5.92 Å². The number of hydrogen-bond acceptors (Lipinski definition) is 3. The zero-order chi connectivity index (χ0) is 11.8. The van der Waals surface area contributed by atoms with Crippen LogP contribution in [0.3, 0.4) is 0 Å². The average Bonchev–Trinajstić information content (AvgIpc) is 3.00. The van der Waals surface area contributed by atoms with Crippen molar-refractivity contribution in [1.82, 2.24) is 9.78 Å². The first-order valence-electron chi connectivity index (χ1n) is 6.15. The van der Waals surface area contributed by atoms with E-state index in [1.807, 2.05) is 10.7 Å². The average molecular weight is 236 g/mol. The predicted octanol–water partition coefficient (Wildman–Crippen LogP) is 1.77. The summed E-state index contributed by atoms with van der Waals surface area (Å²) in [6, 6.07) is 1.92. The number of aliphatic carboxylic acids is 1. The van der Waals surface area contributed by atoms with E-state index >= 15 is 0 Å². The summed E-state index contributed by atoms with van der Waals surface area (Å²) in [4.78, 5) is 10.9. The van der Waals surface area contributed by atoms with Crippen molar-refractivity contribution < 1.29 is 14.6 Å². The smallest absolute Gasteiger partial charge is 0.307 e. The van der Waals surface area contributed by atoms with E-state index < -0.39 is 5.97 Å². The van der Waals surface area contributed by atoms with Crippen molar-refractivity contribution in [2.75, 3.05) is 6.61 Å². The molecule has 2 heterocycles. The third kappa shape index (κ3) is 1.95. The van der Waals surface area contributed by atoms with E-state index in [0.29, 0.717) is 0 Å². The van der Waals surface area contributed by atoms with Gasteiger partial charge in [0.1, 0.15) is 6.23 Å². The summed E-state index contributed by atoms with van der Waals surface area (Å²) in [7, 11) is 0. The summed E-state index contributed by atoms with van der Waals surface area (Å²) in [6.45, 7) is 0.775. The van der Waals surface area contributed by atoms with Crippen molar-refractivity contribution in [3.05, 3.63) is 18.0 Å². The highest BCUT2D eigenvalue weighted by Crippen LogP contribution is 2.48. The third-order valence-corrected chi connectivity index (χ3v) is 3.62. The Morgan fingerprint density at radius 3 is 3.06 bits per heavy atom. The highest BCUT2D eigenvalue weighted by atomic mass is 16.5. The van der Waals surface area contributed by atoms with Crippen molar-refractivity contribution in [3.63, 3.8) is 0 Å². The first kappa shape index (κ1) is 10.8. The summed E-state index contributed by atoms with van der Waals surface area (Å²) in [5.74, 6) is -0.804. The topological polar surface area (TPSA) is 64.3 Å². The molecule has 3 atom stereocenters. The minimum absolute atomic E-state index is 0.00351. The van der Waals surface area contributed by atoms with E-state index in [4.69, 9.17) is 9.84 Å². The molecule has 0 radical (unpaired) electrons. The summed E-state index contributed by atoms with van der Waals surface area (Å²) < 4.78 is 7.57. The van der Waals surface area contributed by atoms with Gasteiger partial charge in [0.05, 0.1) is 5.92 Å². The van der Waals surface area contributed by atoms with Crippen LogP contribution in [-0.2, 0) is 9.53 Å². The quantitative estimate of drug-likeness (QED) is 0.868. The second-order valence-electron chi connectivity index (χ2n) is 4.81. The minimum atomic E-state index is -0.702. The number of rotatable bonds is 3. The first-order chi connectivity index (χ1) is 8.27. The molecule has 1 N–H and O–H groups in total. The van der Waals surface area contributed by atoms with Crippen molar-refractivity contribution in [3.8, 4) is 0 Å². The van der Waals surface area contributed by atoms with Gasteiger partial charge in [-0.2, -0.15) is 5.10 Å². The van der Waals surface area contributed by atoms with Gasteiger partial charge in [-0.15, -0.1) is 0 Å². The molecule has 0 aromatic carbocycles. The van der Waals surface area contributed by atoms with Crippen LogP contribution < -0.4 is 0 Å². The normalized spacial score (nSPS) is 32.4. The molecule has 0 bridgehead atoms. The number of ether oxygens (including phenoxy) is 1. The summed E-state index contributed by atoms with van der Waals surface area (Å²) >= 11 is 0.